The maximum Gasteiger partial charge on any atom is 0.252 e. The summed E-state index contributed by atoms with van der Waals surface area (Å²) in [5.74, 6) is 0.878. The van der Waals surface area contributed by atoms with Gasteiger partial charge in [0.25, 0.3) is 5.91 Å². The summed E-state index contributed by atoms with van der Waals surface area (Å²) in [6.45, 7) is 1.76. The maximum absolute atomic E-state index is 11.5. The first-order chi connectivity index (χ1) is 10.6. The molecule has 0 atom stereocenters. The van der Waals surface area contributed by atoms with Crippen LogP contribution in [0.4, 0.5) is 5.82 Å². The average molecular weight is 300 g/mol. The fourth-order valence-corrected chi connectivity index (χ4v) is 2.91. The lowest BCUT2D eigenvalue weighted by molar-refractivity contribution is 0.0997. The third-order valence-corrected chi connectivity index (χ3v) is 4.17. The molecule has 22 heavy (non-hydrogen) atoms. The van der Waals surface area contributed by atoms with E-state index in [0.717, 1.165) is 42.5 Å². The molecule has 1 aliphatic heterocycles. The summed E-state index contributed by atoms with van der Waals surface area (Å²) < 4.78 is 5.31. The van der Waals surface area contributed by atoms with Crippen LogP contribution in [0.15, 0.2) is 24.4 Å². The van der Waals surface area contributed by atoms with E-state index in [9.17, 15) is 4.79 Å². The van der Waals surface area contributed by atoms with E-state index < -0.39 is 5.91 Å². The SMILES string of the molecule is COc1cc2c(N3CCC(N)CC3)nccc2cc1C(N)=O. The third kappa shape index (κ3) is 2.57. The van der Waals surface area contributed by atoms with Crippen LogP contribution in [0.3, 0.4) is 0 Å². The van der Waals surface area contributed by atoms with E-state index in [1.165, 1.54) is 7.11 Å². The topological polar surface area (TPSA) is 94.5 Å². The molecule has 0 unspecified atom stereocenters. The van der Waals surface area contributed by atoms with Gasteiger partial charge in [0.05, 0.1) is 12.7 Å². The van der Waals surface area contributed by atoms with Gasteiger partial charge in [-0.15, -0.1) is 0 Å². The molecule has 2 aromatic rings. The Hall–Kier alpha value is -2.34. The molecule has 2 heterocycles. The molecule has 1 aromatic heterocycles. The van der Waals surface area contributed by atoms with Gasteiger partial charge in [0.15, 0.2) is 0 Å². The molecule has 1 fully saturated rings. The summed E-state index contributed by atoms with van der Waals surface area (Å²) in [4.78, 5) is 18.3. The van der Waals surface area contributed by atoms with E-state index in [0.29, 0.717) is 11.3 Å². The van der Waals surface area contributed by atoms with Crippen molar-refractivity contribution in [2.75, 3.05) is 25.1 Å². The van der Waals surface area contributed by atoms with Crippen molar-refractivity contribution in [2.45, 2.75) is 18.9 Å². The number of piperidine rings is 1. The Labute approximate surface area is 129 Å². The van der Waals surface area contributed by atoms with Crippen molar-refractivity contribution in [3.63, 3.8) is 0 Å². The Morgan fingerprint density at radius 3 is 2.73 bits per heavy atom. The Bertz CT molecular complexity index is 709. The average Bonchev–Trinajstić information content (AvgIpc) is 2.53. The molecule has 1 aliphatic rings. The van der Waals surface area contributed by atoms with Gasteiger partial charge in [-0.2, -0.15) is 0 Å². The number of carbonyl (C=O) groups is 1. The molecule has 0 aliphatic carbocycles. The van der Waals surface area contributed by atoms with E-state index in [2.05, 4.69) is 9.88 Å². The third-order valence-electron chi connectivity index (χ3n) is 4.17. The van der Waals surface area contributed by atoms with Crippen LogP contribution >= 0.6 is 0 Å². The molecule has 6 heteroatoms. The normalized spacial score (nSPS) is 16.0. The minimum Gasteiger partial charge on any atom is -0.496 e. The van der Waals surface area contributed by atoms with Crippen LogP contribution in [0.1, 0.15) is 23.2 Å². The zero-order valence-corrected chi connectivity index (χ0v) is 12.6. The van der Waals surface area contributed by atoms with Crippen molar-refractivity contribution in [2.24, 2.45) is 11.5 Å². The van der Waals surface area contributed by atoms with E-state index in [-0.39, 0.29) is 6.04 Å². The lowest BCUT2D eigenvalue weighted by atomic mass is 10.0. The van der Waals surface area contributed by atoms with Crippen LogP contribution in [0.5, 0.6) is 5.75 Å². The number of hydrogen-bond donors (Lipinski definition) is 2. The fraction of sp³-hybridized carbons (Fsp3) is 0.375. The number of rotatable bonds is 3. The number of methoxy groups -OCH3 is 1. The number of carbonyl (C=O) groups excluding carboxylic acids is 1. The monoisotopic (exact) mass is 300 g/mol. The standard InChI is InChI=1S/C16H20N4O2/c1-22-14-9-12-10(8-13(14)15(18)21)2-5-19-16(12)20-6-3-11(17)4-7-20/h2,5,8-9,11H,3-4,6-7,17H2,1H3,(H2,18,21). The lowest BCUT2D eigenvalue weighted by Crippen LogP contribution is -2.40. The second kappa shape index (κ2) is 5.81. The van der Waals surface area contributed by atoms with E-state index in [1.54, 1.807) is 12.3 Å². The van der Waals surface area contributed by atoms with Gasteiger partial charge in [-0.1, -0.05) is 0 Å². The molecule has 0 saturated carbocycles. The molecular weight excluding hydrogens is 280 g/mol. The number of pyridine rings is 1. The number of benzene rings is 1. The van der Waals surface area contributed by atoms with Crippen molar-refractivity contribution in [1.82, 2.24) is 4.98 Å². The number of fused-ring (bicyclic) bond motifs is 1. The number of amides is 1. The zero-order chi connectivity index (χ0) is 15.7. The van der Waals surface area contributed by atoms with Crippen LogP contribution in [0.25, 0.3) is 10.8 Å². The van der Waals surface area contributed by atoms with Gasteiger partial charge in [0, 0.05) is 30.7 Å². The number of nitrogens with zero attached hydrogens (tertiary/aromatic N) is 2. The van der Waals surface area contributed by atoms with Crippen LogP contribution in [0.2, 0.25) is 0 Å². The van der Waals surface area contributed by atoms with Crippen molar-refractivity contribution in [3.8, 4) is 5.75 Å². The zero-order valence-electron chi connectivity index (χ0n) is 12.6. The van der Waals surface area contributed by atoms with Gasteiger partial charge in [-0.25, -0.2) is 4.98 Å². The smallest absolute Gasteiger partial charge is 0.252 e. The first kappa shape index (κ1) is 14.6. The number of primary amides is 1. The summed E-state index contributed by atoms with van der Waals surface area (Å²) in [5.41, 5.74) is 11.8. The molecule has 0 spiro atoms. The summed E-state index contributed by atoms with van der Waals surface area (Å²) >= 11 is 0. The van der Waals surface area contributed by atoms with Crippen molar-refractivity contribution in [1.29, 1.82) is 0 Å². The molecule has 3 rings (SSSR count). The highest BCUT2D eigenvalue weighted by atomic mass is 16.5. The molecule has 0 radical (unpaired) electrons. The van der Waals surface area contributed by atoms with E-state index in [1.807, 2.05) is 12.1 Å². The first-order valence-corrected chi connectivity index (χ1v) is 7.37. The predicted molar refractivity (Wildman–Crippen MR) is 86.2 cm³/mol. The fourth-order valence-electron chi connectivity index (χ4n) is 2.91. The summed E-state index contributed by atoms with van der Waals surface area (Å²) in [7, 11) is 1.53. The number of nitrogens with two attached hydrogens (primary N) is 2. The van der Waals surface area contributed by atoms with Gasteiger partial charge in [0.1, 0.15) is 11.6 Å². The van der Waals surface area contributed by atoms with Gasteiger partial charge in [-0.3, -0.25) is 4.79 Å². The van der Waals surface area contributed by atoms with Crippen molar-refractivity contribution < 1.29 is 9.53 Å². The van der Waals surface area contributed by atoms with Crippen LogP contribution in [0, 0.1) is 0 Å². The summed E-state index contributed by atoms with van der Waals surface area (Å²) in [6, 6.07) is 5.74. The molecule has 6 nitrogen and oxygen atoms in total. The molecule has 0 bridgehead atoms. The highest BCUT2D eigenvalue weighted by molar-refractivity contribution is 6.03. The Kier molecular flexibility index (Phi) is 3.85. The lowest BCUT2D eigenvalue weighted by Gasteiger charge is -2.31. The van der Waals surface area contributed by atoms with Gasteiger partial charge in [-0.05, 0) is 36.4 Å². The van der Waals surface area contributed by atoms with Crippen LogP contribution < -0.4 is 21.1 Å². The molecule has 4 N–H and O–H groups in total. The summed E-state index contributed by atoms with van der Waals surface area (Å²) in [5, 5.41) is 1.88. The predicted octanol–water partition coefficient (Wildman–Crippen LogP) is 1.27. The molecular formula is C16H20N4O2. The number of aromatic nitrogens is 1. The number of hydrogen-bond acceptors (Lipinski definition) is 5. The molecule has 116 valence electrons. The Morgan fingerprint density at radius 1 is 1.36 bits per heavy atom. The van der Waals surface area contributed by atoms with Gasteiger partial charge < -0.3 is 21.1 Å². The van der Waals surface area contributed by atoms with E-state index >= 15 is 0 Å². The van der Waals surface area contributed by atoms with Crippen molar-refractivity contribution in [3.05, 3.63) is 30.0 Å². The molecule has 1 amide bonds. The van der Waals surface area contributed by atoms with Crippen LogP contribution in [-0.2, 0) is 0 Å². The minimum absolute atomic E-state index is 0.266. The first-order valence-electron chi connectivity index (χ1n) is 7.37. The van der Waals surface area contributed by atoms with E-state index in [4.69, 9.17) is 16.2 Å². The second-order valence-electron chi connectivity index (χ2n) is 5.60. The molecule has 1 aromatic carbocycles. The largest absolute Gasteiger partial charge is 0.496 e. The van der Waals surface area contributed by atoms with Crippen molar-refractivity contribution >= 4 is 22.5 Å². The highest BCUT2D eigenvalue weighted by Crippen LogP contribution is 2.32. The molecule has 1 saturated heterocycles. The van der Waals surface area contributed by atoms with Gasteiger partial charge in [0.2, 0.25) is 0 Å². The minimum atomic E-state index is -0.499. The second-order valence-corrected chi connectivity index (χ2v) is 5.60. The maximum atomic E-state index is 11.5. The Balaban J connectivity index is 2.10. The Morgan fingerprint density at radius 2 is 2.09 bits per heavy atom. The van der Waals surface area contributed by atoms with Crippen LogP contribution in [-0.4, -0.2) is 37.1 Å². The quantitative estimate of drug-likeness (QED) is 0.890. The number of ether oxygens (including phenoxy) is 1. The van der Waals surface area contributed by atoms with Gasteiger partial charge >= 0.3 is 0 Å². The summed E-state index contributed by atoms with van der Waals surface area (Å²) in [6.07, 6.45) is 3.66. The highest BCUT2D eigenvalue weighted by Gasteiger charge is 2.20. The number of anilines is 1.